The third kappa shape index (κ3) is 13.7. The first-order chi connectivity index (χ1) is 33.4. The smallest absolute Gasteiger partial charge is 0.217 e. The molecule has 2 amide bonds. The van der Waals surface area contributed by atoms with Crippen molar-refractivity contribution < 1.29 is 108 Å². The quantitative estimate of drug-likeness (QED) is 0.0460. The summed E-state index contributed by atoms with van der Waals surface area (Å²) in [7, 11) is 0. The Hall–Kier alpha value is -3.58. The van der Waals surface area contributed by atoms with Crippen LogP contribution in [0.4, 0.5) is 0 Å². The zero-order valence-corrected chi connectivity index (χ0v) is 38.8. The van der Waals surface area contributed by atoms with E-state index in [1.54, 1.807) is 0 Å². The van der Waals surface area contributed by atoms with Crippen molar-refractivity contribution in [3.63, 3.8) is 0 Å². The number of ether oxygens (including phenoxy) is 10. The second kappa shape index (κ2) is 25.9. The maximum Gasteiger partial charge on any atom is 0.217 e. The Morgan fingerprint density at radius 1 is 0.543 bits per heavy atom. The van der Waals surface area contributed by atoms with Crippen molar-refractivity contribution in [1.82, 2.24) is 40.6 Å². The van der Waals surface area contributed by atoms with Crippen LogP contribution in [-0.4, -0.2) is 256 Å². The number of nitrogens with zero attached hydrogens (tertiary/aromatic N) is 6. The van der Waals surface area contributed by atoms with Crippen LogP contribution in [-0.2, 0) is 70.2 Å². The van der Waals surface area contributed by atoms with Crippen LogP contribution in [0.3, 0.4) is 0 Å². The summed E-state index contributed by atoms with van der Waals surface area (Å²) in [5.74, 6) is -1.06. The lowest BCUT2D eigenvalue weighted by Gasteiger charge is -2.47. The van der Waals surface area contributed by atoms with Gasteiger partial charge in [0.05, 0.1) is 90.7 Å². The van der Waals surface area contributed by atoms with Gasteiger partial charge in [0.2, 0.25) is 11.8 Å². The minimum atomic E-state index is -1.70. The van der Waals surface area contributed by atoms with Crippen molar-refractivity contribution in [2.75, 3.05) is 52.9 Å². The van der Waals surface area contributed by atoms with Gasteiger partial charge in [0.15, 0.2) is 25.0 Å². The van der Waals surface area contributed by atoms with Crippen LogP contribution in [0.1, 0.15) is 51.5 Å². The van der Waals surface area contributed by atoms with E-state index in [0.29, 0.717) is 11.4 Å². The molecule has 0 bridgehead atoms. The molecule has 6 heterocycles. The normalized spacial score (nSPS) is 38.1. The zero-order valence-electron chi connectivity index (χ0n) is 38.8. The van der Waals surface area contributed by atoms with Crippen molar-refractivity contribution in [2.45, 2.75) is 163 Å². The van der Waals surface area contributed by atoms with Gasteiger partial charge < -0.3 is 109 Å². The molecule has 4 saturated heterocycles. The van der Waals surface area contributed by atoms with Crippen LogP contribution in [0.2, 0.25) is 0 Å². The maximum atomic E-state index is 12.2. The molecule has 4 aliphatic heterocycles. The average Bonchev–Trinajstić information content (AvgIpc) is 4.01. The van der Waals surface area contributed by atoms with Crippen LogP contribution in [0.25, 0.3) is 0 Å². The van der Waals surface area contributed by atoms with Gasteiger partial charge in [0, 0.05) is 13.8 Å². The summed E-state index contributed by atoms with van der Waals surface area (Å²) >= 11 is 0. The highest BCUT2D eigenvalue weighted by molar-refractivity contribution is 5.73. The van der Waals surface area contributed by atoms with Crippen LogP contribution in [0.15, 0.2) is 12.4 Å². The molecule has 70 heavy (non-hydrogen) atoms. The van der Waals surface area contributed by atoms with E-state index >= 15 is 0 Å². The first-order valence-corrected chi connectivity index (χ1v) is 22.7. The zero-order chi connectivity index (χ0) is 50.8. The molecule has 0 radical (unpaired) electrons. The average molecular weight is 1010 g/mol. The summed E-state index contributed by atoms with van der Waals surface area (Å²) in [6.45, 7) is 5.30. The summed E-state index contributed by atoms with van der Waals surface area (Å²) < 4.78 is 59.5. The summed E-state index contributed by atoms with van der Waals surface area (Å²) in [5, 5.41) is 126. The van der Waals surface area contributed by atoms with Gasteiger partial charge in [-0.1, -0.05) is 10.4 Å². The molecule has 20 atom stereocenters. The van der Waals surface area contributed by atoms with Gasteiger partial charge in [-0.25, -0.2) is 9.36 Å². The second-order valence-electron chi connectivity index (χ2n) is 17.2. The number of hydrogen-bond donors (Lipinski definition) is 12. The van der Waals surface area contributed by atoms with Crippen LogP contribution in [0, 0.1) is 0 Å². The number of aliphatic hydroxyl groups excluding tert-OH is 10. The van der Waals surface area contributed by atoms with E-state index in [2.05, 4.69) is 31.3 Å². The van der Waals surface area contributed by atoms with Crippen LogP contribution >= 0.6 is 0 Å². The maximum absolute atomic E-state index is 12.2. The van der Waals surface area contributed by atoms with Gasteiger partial charge in [-0.2, -0.15) is 0 Å². The van der Waals surface area contributed by atoms with Crippen molar-refractivity contribution in [3.8, 4) is 0 Å². The molecule has 2 aromatic heterocycles. The highest BCUT2D eigenvalue weighted by Crippen LogP contribution is 2.35. The Labute approximate surface area is 400 Å². The predicted molar refractivity (Wildman–Crippen MR) is 225 cm³/mol. The third-order valence-electron chi connectivity index (χ3n) is 11.9. The number of nitrogens with one attached hydrogen (secondary N) is 2. The van der Waals surface area contributed by atoms with Crippen LogP contribution < -0.4 is 10.6 Å². The molecular formula is C40H66N8O22. The molecule has 0 aromatic carbocycles. The molecule has 6 rings (SSSR count). The predicted octanol–water partition coefficient (Wildman–Crippen LogP) is -7.43. The van der Waals surface area contributed by atoms with Gasteiger partial charge in [-0.15, -0.1) is 10.2 Å². The summed E-state index contributed by atoms with van der Waals surface area (Å²) in [5.41, 5.74) is 0.727. The summed E-state index contributed by atoms with van der Waals surface area (Å²) in [6, 6.07) is -2.38. The van der Waals surface area contributed by atoms with E-state index in [0.717, 1.165) is 0 Å². The molecule has 30 heteroatoms. The highest BCUT2D eigenvalue weighted by atomic mass is 16.7. The number of hydrogen-bond acceptors (Lipinski definition) is 26. The fourth-order valence-corrected chi connectivity index (χ4v) is 8.22. The number of carbonyl (C=O) groups is 2. The summed E-state index contributed by atoms with van der Waals surface area (Å²) in [4.78, 5) is 24.3. The van der Waals surface area contributed by atoms with E-state index < -0.39 is 148 Å². The monoisotopic (exact) mass is 1010 g/mol. The van der Waals surface area contributed by atoms with Crippen molar-refractivity contribution >= 4 is 11.8 Å². The Kier molecular flexibility index (Phi) is 20.6. The standard InChI is InChI=1S/C40H66N8O22/c1-17-27(53)31(57)33(59)39(65-17)69-35-23(13-49)67-37(25(29(35)55)41-19(3)51)47-11-21(43-45-47)15-63-9-7-61-5-6-62-8-10-64-16-22-12-48(46-44-22)38-26(42-20(4)52)30(56)36(24(14-50)68-38)70-40-34(60)32(58)28(54)18(2)66-40/h11-12,17-18,23-40,49-50,53-60H,5-10,13-16H2,1-4H3,(H,41,51)(H,42,52)/t17-,18-,23+,24+,25+,26+,27+,28+,29+,30+,31+,32+,33-,34-,35+,36+,37+,38+,39-,40-/m0/s1. The van der Waals surface area contributed by atoms with Crippen molar-refractivity contribution in [1.29, 1.82) is 0 Å². The van der Waals surface area contributed by atoms with Crippen LogP contribution in [0.5, 0.6) is 0 Å². The first kappa shape index (κ1) is 55.7. The molecule has 2 aromatic rings. The molecule has 0 aliphatic carbocycles. The van der Waals surface area contributed by atoms with Gasteiger partial charge in [-0.3, -0.25) is 9.59 Å². The Morgan fingerprint density at radius 3 is 1.24 bits per heavy atom. The molecule has 4 aliphatic rings. The minimum Gasteiger partial charge on any atom is -0.394 e. The molecular weight excluding hydrogens is 944 g/mol. The van der Waals surface area contributed by atoms with E-state index in [1.807, 2.05) is 0 Å². The Balaban J connectivity index is 0.873. The van der Waals surface area contributed by atoms with Gasteiger partial charge in [0.25, 0.3) is 0 Å². The number of amides is 2. The fourth-order valence-electron chi connectivity index (χ4n) is 8.22. The lowest BCUT2D eigenvalue weighted by Crippen LogP contribution is -2.65. The number of aliphatic hydroxyl groups is 10. The van der Waals surface area contributed by atoms with Gasteiger partial charge in [0.1, 0.15) is 96.7 Å². The van der Waals surface area contributed by atoms with Gasteiger partial charge in [-0.05, 0) is 13.8 Å². The molecule has 4 fully saturated rings. The largest absolute Gasteiger partial charge is 0.394 e. The fraction of sp³-hybridized carbons (Fsp3) is 0.850. The number of carbonyl (C=O) groups excluding carboxylic acids is 2. The van der Waals surface area contributed by atoms with Crippen molar-refractivity contribution in [2.24, 2.45) is 0 Å². The minimum absolute atomic E-state index is 0.00843. The number of rotatable bonds is 23. The Morgan fingerprint density at radius 2 is 0.900 bits per heavy atom. The molecule has 12 N–H and O–H groups in total. The SMILES string of the molecule is CC(=O)N[C@@H]1[C@@H](O)[C@H](O[C@@H]2O[C@@H](C)[C@@H](O)[C@@H](O)[C@@H]2O)[C@@H](CO)O[C@H]1n1cc(COCCOCCOCCOCc2cn([C@@H]3O[C@H](CO)[C@@H](O[C@@H]4O[C@@H](C)[C@@H](O)[C@@H](O)[C@@H]4O)[C@H](O)[C@H]3NC(C)=O)nn2)nn1. The third-order valence-corrected chi connectivity index (χ3v) is 11.9. The highest BCUT2D eigenvalue weighted by Gasteiger charge is 2.53. The topological polar surface area (TPSA) is 414 Å². The molecule has 0 spiro atoms. The molecule has 0 unspecified atom stereocenters. The van der Waals surface area contributed by atoms with Crippen molar-refractivity contribution in [3.05, 3.63) is 23.8 Å². The Bertz CT molecular complexity index is 1790. The van der Waals surface area contributed by atoms with E-state index in [-0.39, 0.29) is 52.9 Å². The molecule has 0 saturated carbocycles. The lowest BCUT2D eigenvalue weighted by atomic mass is 9.94. The summed E-state index contributed by atoms with van der Waals surface area (Å²) in [6.07, 6.45) is -22.0. The van der Waals surface area contributed by atoms with E-state index in [1.165, 1.54) is 49.5 Å². The first-order valence-electron chi connectivity index (χ1n) is 22.7. The number of aromatic nitrogens is 6. The second-order valence-corrected chi connectivity index (χ2v) is 17.2. The van der Waals surface area contributed by atoms with E-state index in [9.17, 15) is 60.7 Å². The molecule has 30 nitrogen and oxygen atoms in total. The lowest BCUT2D eigenvalue weighted by molar-refractivity contribution is -0.335. The molecule has 398 valence electrons. The van der Waals surface area contributed by atoms with E-state index in [4.69, 9.17) is 47.4 Å². The van der Waals surface area contributed by atoms with Gasteiger partial charge >= 0.3 is 0 Å².